The second-order valence-corrected chi connectivity index (χ2v) is 12.2. The Morgan fingerprint density at radius 2 is 1.47 bits per heavy atom. The molecule has 3 aliphatic rings. The monoisotopic (exact) mass is 490 g/mol. The summed E-state index contributed by atoms with van der Waals surface area (Å²) in [6.45, 7) is 9.42. The van der Waals surface area contributed by atoms with Gasteiger partial charge in [-0.2, -0.15) is 4.31 Å². The highest BCUT2D eigenvalue weighted by Gasteiger charge is 2.36. The van der Waals surface area contributed by atoms with Gasteiger partial charge in [-0.05, 0) is 56.2 Å². The lowest BCUT2D eigenvalue weighted by atomic mass is 9.96. The lowest BCUT2D eigenvalue weighted by Gasteiger charge is -2.40. The Hall–Kier alpha value is -1.97. The van der Waals surface area contributed by atoms with Crippen molar-refractivity contribution in [1.29, 1.82) is 0 Å². The van der Waals surface area contributed by atoms with E-state index in [1.807, 2.05) is 24.0 Å². The number of nitrogens with one attached hydrogen (secondary N) is 1. The number of amides is 2. The van der Waals surface area contributed by atoms with Crippen LogP contribution >= 0.6 is 0 Å². The van der Waals surface area contributed by atoms with Crippen LogP contribution in [0.4, 0.5) is 0 Å². The Balaban J connectivity index is 1.26. The summed E-state index contributed by atoms with van der Waals surface area (Å²) in [7, 11) is -3.54. The van der Waals surface area contributed by atoms with Gasteiger partial charge in [0.05, 0.1) is 10.9 Å². The maximum absolute atomic E-state index is 13.1. The van der Waals surface area contributed by atoms with Gasteiger partial charge in [0, 0.05) is 51.2 Å². The SMILES string of the molecule is CC(C)c1ccc(S(=O)(=O)N2CCC(C(=O)N3CCN(C(C)C(=O)NC4CC4)CC3)CC2)cc1. The first-order chi connectivity index (χ1) is 16.2. The molecule has 2 heterocycles. The molecule has 1 unspecified atom stereocenters. The van der Waals surface area contributed by atoms with Crippen molar-refractivity contribution in [3.63, 3.8) is 0 Å². The minimum absolute atomic E-state index is 0.0784. The Morgan fingerprint density at radius 1 is 0.882 bits per heavy atom. The van der Waals surface area contributed by atoms with Crippen molar-refractivity contribution in [2.75, 3.05) is 39.3 Å². The van der Waals surface area contributed by atoms with Crippen molar-refractivity contribution in [2.45, 2.75) is 69.4 Å². The summed E-state index contributed by atoms with van der Waals surface area (Å²) in [6.07, 6.45) is 3.24. The molecule has 188 valence electrons. The predicted molar refractivity (Wildman–Crippen MR) is 131 cm³/mol. The molecule has 0 aromatic heterocycles. The molecular formula is C25H38N4O4S. The molecule has 0 spiro atoms. The number of piperazine rings is 1. The van der Waals surface area contributed by atoms with E-state index in [4.69, 9.17) is 0 Å². The van der Waals surface area contributed by atoms with Crippen molar-refractivity contribution in [2.24, 2.45) is 5.92 Å². The zero-order valence-corrected chi connectivity index (χ0v) is 21.4. The normalized spacial score (nSPS) is 22.1. The molecule has 1 aromatic rings. The number of carbonyl (C=O) groups is 2. The zero-order chi connectivity index (χ0) is 24.5. The molecule has 4 rings (SSSR count). The summed E-state index contributed by atoms with van der Waals surface area (Å²) >= 11 is 0. The molecule has 2 amide bonds. The largest absolute Gasteiger partial charge is 0.352 e. The van der Waals surface area contributed by atoms with Gasteiger partial charge < -0.3 is 10.2 Å². The van der Waals surface area contributed by atoms with E-state index in [9.17, 15) is 18.0 Å². The highest BCUT2D eigenvalue weighted by molar-refractivity contribution is 7.89. The number of nitrogens with zero attached hydrogens (tertiary/aromatic N) is 3. The van der Waals surface area contributed by atoms with Crippen LogP contribution < -0.4 is 5.32 Å². The van der Waals surface area contributed by atoms with E-state index in [-0.39, 0.29) is 23.8 Å². The number of benzene rings is 1. The highest BCUT2D eigenvalue weighted by atomic mass is 32.2. The minimum atomic E-state index is -3.54. The smallest absolute Gasteiger partial charge is 0.243 e. The number of hydrogen-bond acceptors (Lipinski definition) is 5. The summed E-state index contributed by atoms with van der Waals surface area (Å²) in [5.74, 6) is 0.406. The maximum atomic E-state index is 13.1. The average molecular weight is 491 g/mol. The van der Waals surface area contributed by atoms with Crippen LogP contribution in [0.1, 0.15) is 57.9 Å². The van der Waals surface area contributed by atoms with Gasteiger partial charge in [-0.15, -0.1) is 0 Å². The van der Waals surface area contributed by atoms with E-state index in [0.717, 1.165) is 18.4 Å². The van der Waals surface area contributed by atoms with Gasteiger partial charge in [-0.25, -0.2) is 8.42 Å². The van der Waals surface area contributed by atoms with Crippen LogP contribution in [0.5, 0.6) is 0 Å². The third-order valence-electron chi connectivity index (χ3n) is 7.46. The first kappa shape index (κ1) is 25.1. The van der Waals surface area contributed by atoms with E-state index in [1.54, 1.807) is 12.1 Å². The number of carbonyl (C=O) groups excluding carboxylic acids is 2. The summed E-state index contributed by atoms with van der Waals surface area (Å²) in [5.41, 5.74) is 1.11. The maximum Gasteiger partial charge on any atom is 0.243 e. The summed E-state index contributed by atoms with van der Waals surface area (Å²) in [5, 5.41) is 3.06. The molecule has 34 heavy (non-hydrogen) atoms. The lowest BCUT2D eigenvalue weighted by molar-refractivity contribution is -0.139. The molecule has 0 radical (unpaired) electrons. The summed E-state index contributed by atoms with van der Waals surface area (Å²) < 4.78 is 27.6. The number of piperidine rings is 1. The average Bonchev–Trinajstić information content (AvgIpc) is 3.67. The number of sulfonamides is 1. The standard InChI is InChI=1S/C25H38N4O4S/c1-18(2)20-4-8-23(9-5-20)34(32,33)29-12-10-21(11-13-29)25(31)28-16-14-27(15-17-28)19(3)24(30)26-22-6-7-22/h4-5,8-9,18-19,21-22H,6-7,10-17H2,1-3H3,(H,26,30). The second kappa shape index (κ2) is 10.3. The van der Waals surface area contributed by atoms with E-state index >= 15 is 0 Å². The molecule has 9 heteroatoms. The molecule has 0 bridgehead atoms. The van der Waals surface area contributed by atoms with E-state index < -0.39 is 10.0 Å². The van der Waals surface area contributed by atoms with Crippen LogP contribution in [0.25, 0.3) is 0 Å². The lowest BCUT2D eigenvalue weighted by Crippen LogP contribution is -2.56. The highest BCUT2D eigenvalue weighted by Crippen LogP contribution is 2.27. The Morgan fingerprint density at radius 3 is 2.00 bits per heavy atom. The molecule has 1 atom stereocenters. The Bertz CT molecular complexity index is 975. The molecule has 2 saturated heterocycles. The summed E-state index contributed by atoms with van der Waals surface area (Å²) in [4.78, 5) is 29.8. The molecule has 2 aliphatic heterocycles. The third-order valence-corrected chi connectivity index (χ3v) is 9.38. The van der Waals surface area contributed by atoms with Crippen molar-refractivity contribution in [1.82, 2.24) is 19.4 Å². The van der Waals surface area contributed by atoms with E-state index in [1.165, 1.54) is 4.31 Å². The quantitative estimate of drug-likeness (QED) is 0.632. The fraction of sp³-hybridized carbons (Fsp3) is 0.680. The molecule has 3 fully saturated rings. The van der Waals surface area contributed by atoms with Crippen LogP contribution in [0.3, 0.4) is 0 Å². The van der Waals surface area contributed by atoms with Crippen LogP contribution in [0, 0.1) is 5.92 Å². The molecule has 1 aliphatic carbocycles. The van der Waals surface area contributed by atoms with Gasteiger partial charge in [0.25, 0.3) is 0 Å². The van der Waals surface area contributed by atoms with Crippen molar-refractivity contribution in [3.8, 4) is 0 Å². The van der Waals surface area contributed by atoms with E-state index in [0.29, 0.717) is 69.0 Å². The molecule has 8 nitrogen and oxygen atoms in total. The molecule has 1 saturated carbocycles. The topological polar surface area (TPSA) is 90.0 Å². The Labute approximate surface area is 203 Å². The summed E-state index contributed by atoms with van der Waals surface area (Å²) in [6, 6.07) is 7.31. The van der Waals surface area contributed by atoms with Gasteiger partial charge in [0.15, 0.2) is 0 Å². The fourth-order valence-corrected chi connectivity index (χ4v) is 6.29. The number of rotatable bonds is 7. The molecular weight excluding hydrogens is 452 g/mol. The fourth-order valence-electron chi connectivity index (χ4n) is 4.82. The predicted octanol–water partition coefficient (Wildman–Crippen LogP) is 2.02. The first-order valence-corrected chi connectivity index (χ1v) is 14.0. The van der Waals surface area contributed by atoms with Crippen LogP contribution in [0.15, 0.2) is 29.2 Å². The van der Waals surface area contributed by atoms with Crippen molar-refractivity contribution < 1.29 is 18.0 Å². The third kappa shape index (κ3) is 5.63. The van der Waals surface area contributed by atoms with Gasteiger partial charge >= 0.3 is 0 Å². The van der Waals surface area contributed by atoms with Gasteiger partial charge in [0.1, 0.15) is 0 Å². The van der Waals surface area contributed by atoms with Crippen LogP contribution in [0.2, 0.25) is 0 Å². The Kier molecular flexibility index (Phi) is 7.64. The zero-order valence-electron chi connectivity index (χ0n) is 20.6. The number of hydrogen-bond donors (Lipinski definition) is 1. The van der Waals surface area contributed by atoms with Crippen molar-refractivity contribution >= 4 is 21.8 Å². The van der Waals surface area contributed by atoms with Crippen LogP contribution in [-0.2, 0) is 19.6 Å². The van der Waals surface area contributed by atoms with Crippen molar-refractivity contribution in [3.05, 3.63) is 29.8 Å². The van der Waals surface area contributed by atoms with Crippen LogP contribution in [-0.4, -0.2) is 85.7 Å². The second-order valence-electron chi connectivity index (χ2n) is 10.2. The minimum Gasteiger partial charge on any atom is -0.352 e. The van der Waals surface area contributed by atoms with Gasteiger partial charge in [-0.1, -0.05) is 26.0 Å². The molecule has 1 N–H and O–H groups in total. The van der Waals surface area contributed by atoms with E-state index in [2.05, 4.69) is 24.1 Å². The van der Waals surface area contributed by atoms with Gasteiger partial charge in [-0.3, -0.25) is 14.5 Å². The molecule has 1 aromatic carbocycles. The first-order valence-electron chi connectivity index (χ1n) is 12.6. The van der Waals surface area contributed by atoms with Gasteiger partial charge in [0.2, 0.25) is 21.8 Å².